The van der Waals surface area contributed by atoms with Crippen molar-refractivity contribution in [3.05, 3.63) is 29.3 Å². The predicted molar refractivity (Wildman–Crippen MR) is 69.9 cm³/mol. The summed E-state index contributed by atoms with van der Waals surface area (Å²) in [6, 6.07) is 6.96. The lowest BCUT2D eigenvalue weighted by Gasteiger charge is -2.31. The van der Waals surface area contributed by atoms with Crippen LogP contribution in [0.4, 0.5) is 5.69 Å². The van der Waals surface area contributed by atoms with Gasteiger partial charge < -0.3 is 10.6 Å². The first-order valence-electron chi connectivity index (χ1n) is 6.39. The minimum Gasteiger partial charge on any atom is -0.372 e. The average Bonchev–Trinajstić information content (AvgIpc) is 2.36. The summed E-state index contributed by atoms with van der Waals surface area (Å²) in [5, 5.41) is 0. The Morgan fingerprint density at radius 2 is 2.19 bits per heavy atom. The van der Waals surface area contributed by atoms with E-state index >= 15 is 0 Å². The largest absolute Gasteiger partial charge is 0.372 e. The molecular formula is C14H22N2. The molecule has 0 fully saturated rings. The van der Waals surface area contributed by atoms with E-state index in [2.05, 4.69) is 36.9 Å². The highest BCUT2D eigenvalue weighted by Crippen LogP contribution is 2.29. The zero-order valence-electron chi connectivity index (χ0n) is 10.4. The fraction of sp³-hybridized carbons (Fsp3) is 0.571. The van der Waals surface area contributed by atoms with Crippen molar-refractivity contribution < 1.29 is 0 Å². The van der Waals surface area contributed by atoms with Gasteiger partial charge in [0.25, 0.3) is 0 Å². The smallest absolute Gasteiger partial charge is 0.0398 e. The molecule has 0 aromatic heterocycles. The molecule has 88 valence electrons. The van der Waals surface area contributed by atoms with Crippen LogP contribution in [0.25, 0.3) is 0 Å². The lowest BCUT2D eigenvalue weighted by molar-refractivity contribution is 0.683. The Bertz CT molecular complexity index is 360. The Morgan fingerprint density at radius 3 is 2.88 bits per heavy atom. The highest BCUT2D eigenvalue weighted by molar-refractivity contribution is 5.57. The summed E-state index contributed by atoms with van der Waals surface area (Å²) in [5.74, 6) is 0. The first-order valence-corrected chi connectivity index (χ1v) is 6.39. The summed E-state index contributed by atoms with van der Waals surface area (Å²) < 4.78 is 0. The quantitative estimate of drug-likeness (QED) is 0.845. The van der Waals surface area contributed by atoms with Crippen LogP contribution in [0.3, 0.4) is 0 Å². The number of benzene rings is 1. The second-order valence-electron chi connectivity index (χ2n) is 4.59. The van der Waals surface area contributed by atoms with Gasteiger partial charge in [0.1, 0.15) is 0 Å². The number of aryl methyl sites for hydroxylation is 1. The molecule has 1 unspecified atom stereocenters. The third-order valence-corrected chi connectivity index (χ3v) is 3.57. The minimum absolute atomic E-state index is 0.197. The predicted octanol–water partition coefficient (Wildman–Crippen LogP) is 2.87. The van der Waals surface area contributed by atoms with E-state index < -0.39 is 0 Å². The van der Waals surface area contributed by atoms with Crippen molar-refractivity contribution in [3.63, 3.8) is 0 Å². The molecule has 2 nitrogen and oxygen atoms in total. The molecule has 0 saturated heterocycles. The van der Waals surface area contributed by atoms with E-state index in [4.69, 9.17) is 5.73 Å². The van der Waals surface area contributed by atoms with Gasteiger partial charge in [-0.15, -0.1) is 0 Å². The molecule has 0 spiro atoms. The fourth-order valence-electron chi connectivity index (χ4n) is 2.49. The van der Waals surface area contributed by atoms with Crippen molar-refractivity contribution in [1.82, 2.24) is 0 Å². The number of hydrogen-bond donors (Lipinski definition) is 1. The van der Waals surface area contributed by atoms with Crippen LogP contribution in [-0.2, 0) is 6.42 Å². The normalized spacial score (nSPS) is 17.1. The van der Waals surface area contributed by atoms with Gasteiger partial charge in [-0.3, -0.25) is 0 Å². The number of anilines is 1. The molecule has 2 heteroatoms. The topological polar surface area (TPSA) is 29.3 Å². The van der Waals surface area contributed by atoms with Crippen LogP contribution in [-0.4, -0.2) is 13.1 Å². The second-order valence-corrected chi connectivity index (χ2v) is 4.59. The summed E-state index contributed by atoms with van der Waals surface area (Å²) in [5.41, 5.74) is 10.3. The van der Waals surface area contributed by atoms with Gasteiger partial charge in [0.15, 0.2) is 0 Å². The fourth-order valence-corrected chi connectivity index (χ4v) is 2.49. The van der Waals surface area contributed by atoms with Crippen LogP contribution in [0, 0.1) is 0 Å². The van der Waals surface area contributed by atoms with E-state index in [1.807, 2.05) is 0 Å². The van der Waals surface area contributed by atoms with Crippen molar-refractivity contribution >= 4 is 5.69 Å². The number of rotatable bonds is 3. The van der Waals surface area contributed by atoms with Crippen molar-refractivity contribution in [3.8, 4) is 0 Å². The molecule has 0 radical (unpaired) electrons. The summed E-state index contributed by atoms with van der Waals surface area (Å²) in [4.78, 5) is 2.46. The van der Waals surface area contributed by atoms with Crippen LogP contribution >= 0.6 is 0 Å². The van der Waals surface area contributed by atoms with E-state index in [-0.39, 0.29) is 6.04 Å². The maximum Gasteiger partial charge on any atom is 0.0398 e. The van der Waals surface area contributed by atoms with Gasteiger partial charge >= 0.3 is 0 Å². The van der Waals surface area contributed by atoms with Gasteiger partial charge in [-0.2, -0.15) is 0 Å². The highest BCUT2D eigenvalue weighted by Gasteiger charge is 2.16. The van der Waals surface area contributed by atoms with E-state index in [9.17, 15) is 0 Å². The number of fused-ring (bicyclic) bond motifs is 1. The highest BCUT2D eigenvalue weighted by atomic mass is 15.1. The Labute approximate surface area is 98.4 Å². The standard InChI is InChI=1S/C14H22N2/c1-3-13(15)11-7-8-14-12(10-11)6-5-9-16(14)4-2/h7-8,10,13H,3-6,9,15H2,1-2H3. The lowest BCUT2D eigenvalue weighted by Crippen LogP contribution is -2.29. The molecular weight excluding hydrogens is 196 g/mol. The third kappa shape index (κ3) is 2.07. The van der Waals surface area contributed by atoms with Crippen molar-refractivity contribution in [2.75, 3.05) is 18.0 Å². The van der Waals surface area contributed by atoms with E-state index in [1.54, 1.807) is 0 Å². The van der Waals surface area contributed by atoms with E-state index in [0.29, 0.717) is 0 Å². The summed E-state index contributed by atoms with van der Waals surface area (Å²) >= 11 is 0. The van der Waals surface area contributed by atoms with Crippen molar-refractivity contribution in [2.45, 2.75) is 39.2 Å². The Morgan fingerprint density at radius 1 is 1.38 bits per heavy atom. The zero-order valence-corrected chi connectivity index (χ0v) is 10.4. The summed E-state index contributed by atoms with van der Waals surface area (Å²) in [6.07, 6.45) is 3.48. The number of nitrogens with two attached hydrogens (primary N) is 1. The van der Waals surface area contributed by atoms with Crippen LogP contribution in [0.5, 0.6) is 0 Å². The Balaban J connectivity index is 2.31. The van der Waals surface area contributed by atoms with Crippen LogP contribution in [0.2, 0.25) is 0 Å². The summed E-state index contributed by atoms with van der Waals surface area (Å²) in [6.45, 7) is 6.66. The molecule has 0 amide bonds. The number of nitrogens with zero attached hydrogens (tertiary/aromatic N) is 1. The molecule has 2 rings (SSSR count). The molecule has 1 aliphatic heterocycles. The molecule has 0 bridgehead atoms. The second kappa shape index (κ2) is 4.88. The molecule has 1 aromatic rings. The first kappa shape index (κ1) is 11.5. The van der Waals surface area contributed by atoms with E-state index in [1.165, 1.54) is 36.2 Å². The van der Waals surface area contributed by atoms with E-state index in [0.717, 1.165) is 13.0 Å². The van der Waals surface area contributed by atoms with Crippen LogP contribution in [0.1, 0.15) is 43.9 Å². The first-order chi connectivity index (χ1) is 7.76. The average molecular weight is 218 g/mol. The molecule has 16 heavy (non-hydrogen) atoms. The maximum atomic E-state index is 6.08. The SMILES string of the molecule is CCC(N)c1ccc2c(c1)CCCN2CC. The Hall–Kier alpha value is -1.02. The van der Waals surface area contributed by atoms with Gasteiger partial charge in [0.05, 0.1) is 0 Å². The van der Waals surface area contributed by atoms with Gasteiger partial charge in [0, 0.05) is 24.8 Å². The van der Waals surface area contributed by atoms with Crippen LogP contribution < -0.4 is 10.6 Å². The summed E-state index contributed by atoms with van der Waals surface area (Å²) in [7, 11) is 0. The number of hydrogen-bond acceptors (Lipinski definition) is 2. The monoisotopic (exact) mass is 218 g/mol. The van der Waals surface area contributed by atoms with Crippen molar-refractivity contribution in [1.29, 1.82) is 0 Å². The molecule has 1 aromatic carbocycles. The van der Waals surface area contributed by atoms with Crippen LogP contribution in [0.15, 0.2) is 18.2 Å². The molecule has 1 heterocycles. The van der Waals surface area contributed by atoms with Gasteiger partial charge in [0.2, 0.25) is 0 Å². The molecule has 1 atom stereocenters. The van der Waals surface area contributed by atoms with Gasteiger partial charge in [-0.1, -0.05) is 19.1 Å². The minimum atomic E-state index is 0.197. The lowest BCUT2D eigenvalue weighted by atomic mass is 9.96. The molecule has 1 aliphatic rings. The third-order valence-electron chi connectivity index (χ3n) is 3.57. The van der Waals surface area contributed by atoms with Crippen molar-refractivity contribution in [2.24, 2.45) is 5.73 Å². The molecule has 2 N–H and O–H groups in total. The maximum absolute atomic E-state index is 6.08. The van der Waals surface area contributed by atoms with Gasteiger partial charge in [-0.25, -0.2) is 0 Å². The van der Waals surface area contributed by atoms with Gasteiger partial charge in [-0.05, 0) is 43.4 Å². The zero-order chi connectivity index (χ0) is 11.5. The molecule has 0 aliphatic carbocycles. The molecule has 0 saturated carbocycles. The Kier molecular flexibility index (Phi) is 3.49.